The van der Waals surface area contributed by atoms with Gasteiger partial charge in [-0.2, -0.15) is 0 Å². The molecule has 0 aromatic rings. The first kappa shape index (κ1) is 13.7. The van der Waals surface area contributed by atoms with Crippen molar-refractivity contribution in [3.63, 3.8) is 0 Å². The molecule has 0 spiro atoms. The molecule has 17 heavy (non-hydrogen) atoms. The molecule has 0 radical (unpaired) electrons. The summed E-state index contributed by atoms with van der Waals surface area (Å²) in [5.74, 6) is -0.375. The van der Waals surface area contributed by atoms with Gasteiger partial charge in [0.05, 0.1) is 0 Å². The largest absolute Gasteiger partial charge is 0.461 e. The van der Waals surface area contributed by atoms with Crippen LogP contribution in [0.1, 0.15) is 45.4 Å². The van der Waals surface area contributed by atoms with Gasteiger partial charge >= 0.3 is 5.97 Å². The van der Waals surface area contributed by atoms with Crippen LogP contribution in [0.25, 0.3) is 0 Å². The lowest BCUT2D eigenvalue weighted by molar-refractivity contribution is -0.152. The second kappa shape index (κ2) is 7.09. The predicted molar refractivity (Wildman–Crippen MR) is 65.4 cm³/mol. The minimum atomic E-state index is -0.448. The van der Waals surface area contributed by atoms with E-state index < -0.39 is 6.04 Å². The Morgan fingerprint density at radius 2 is 2.47 bits per heavy atom. The van der Waals surface area contributed by atoms with E-state index in [4.69, 9.17) is 4.74 Å². The third kappa shape index (κ3) is 4.59. The van der Waals surface area contributed by atoms with Gasteiger partial charge in [-0.1, -0.05) is 25.8 Å². The number of nitrogens with one attached hydrogen (secondary N) is 1. The molecule has 0 aliphatic carbocycles. The Labute approximate surface area is 102 Å². The Bertz CT molecular complexity index is 288. The van der Waals surface area contributed by atoms with E-state index in [2.05, 4.69) is 18.8 Å². The third-order valence-electron chi connectivity index (χ3n) is 2.87. The SMILES string of the molecule is C=CCC(CCCC)OC(=O)[C@@H]1CCC(=O)N1. The number of rotatable bonds is 7. The van der Waals surface area contributed by atoms with Gasteiger partial charge < -0.3 is 10.1 Å². The van der Waals surface area contributed by atoms with E-state index in [1.807, 2.05) is 0 Å². The Balaban J connectivity index is 2.39. The fourth-order valence-corrected chi connectivity index (χ4v) is 1.88. The van der Waals surface area contributed by atoms with E-state index in [-0.39, 0.29) is 18.0 Å². The maximum atomic E-state index is 11.8. The van der Waals surface area contributed by atoms with Gasteiger partial charge in [-0.05, 0) is 12.8 Å². The Morgan fingerprint density at radius 3 is 3.00 bits per heavy atom. The van der Waals surface area contributed by atoms with E-state index in [9.17, 15) is 9.59 Å². The van der Waals surface area contributed by atoms with Crippen LogP contribution in [-0.4, -0.2) is 24.0 Å². The number of hydrogen-bond acceptors (Lipinski definition) is 3. The van der Waals surface area contributed by atoms with Gasteiger partial charge in [0.25, 0.3) is 0 Å². The molecule has 4 heteroatoms. The number of amides is 1. The maximum absolute atomic E-state index is 11.8. The molecule has 1 amide bonds. The number of hydrogen-bond donors (Lipinski definition) is 1. The normalized spacial score (nSPS) is 20.8. The number of carbonyl (C=O) groups is 2. The van der Waals surface area contributed by atoms with E-state index in [1.165, 1.54) is 0 Å². The van der Waals surface area contributed by atoms with E-state index in [0.717, 1.165) is 19.3 Å². The standard InChI is InChI=1S/C13H21NO3/c1-3-5-7-10(6-4-2)17-13(16)11-8-9-12(15)14-11/h4,10-11H,2-3,5-9H2,1H3,(H,14,15)/t10?,11-/m0/s1. The summed E-state index contributed by atoms with van der Waals surface area (Å²) in [5, 5.41) is 2.62. The molecule has 1 saturated heterocycles. The minimum Gasteiger partial charge on any atom is -0.461 e. The van der Waals surface area contributed by atoms with Gasteiger partial charge in [-0.15, -0.1) is 6.58 Å². The van der Waals surface area contributed by atoms with Gasteiger partial charge in [0.1, 0.15) is 12.1 Å². The molecular weight excluding hydrogens is 218 g/mol. The van der Waals surface area contributed by atoms with Crippen molar-refractivity contribution in [1.29, 1.82) is 0 Å². The molecule has 4 nitrogen and oxygen atoms in total. The smallest absolute Gasteiger partial charge is 0.328 e. The van der Waals surface area contributed by atoms with E-state index in [1.54, 1.807) is 6.08 Å². The van der Waals surface area contributed by atoms with Crippen LogP contribution in [0.15, 0.2) is 12.7 Å². The van der Waals surface area contributed by atoms with Crippen LogP contribution in [0.3, 0.4) is 0 Å². The van der Waals surface area contributed by atoms with E-state index >= 15 is 0 Å². The predicted octanol–water partition coefficient (Wildman–Crippen LogP) is 1.94. The van der Waals surface area contributed by atoms with Crippen LogP contribution in [0, 0.1) is 0 Å². The lowest BCUT2D eigenvalue weighted by Crippen LogP contribution is -2.36. The molecule has 2 atom stereocenters. The molecule has 1 rings (SSSR count). The van der Waals surface area contributed by atoms with Crippen molar-refractivity contribution in [1.82, 2.24) is 5.32 Å². The molecule has 96 valence electrons. The lowest BCUT2D eigenvalue weighted by Gasteiger charge is -2.18. The number of ether oxygens (including phenoxy) is 1. The second-order valence-electron chi connectivity index (χ2n) is 4.38. The molecule has 0 bridgehead atoms. The highest BCUT2D eigenvalue weighted by Crippen LogP contribution is 2.14. The average molecular weight is 239 g/mol. The summed E-state index contributed by atoms with van der Waals surface area (Å²) >= 11 is 0. The summed E-state index contributed by atoms with van der Waals surface area (Å²) in [6, 6.07) is -0.448. The Hall–Kier alpha value is -1.32. The topological polar surface area (TPSA) is 55.4 Å². The molecule has 0 saturated carbocycles. The average Bonchev–Trinajstić information content (AvgIpc) is 2.73. The Kier molecular flexibility index (Phi) is 5.73. The zero-order valence-corrected chi connectivity index (χ0v) is 10.4. The highest BCUT2D eigenvalue weighted by Gasteiger charge is 2.29. The van der Waals surface area contributed by atoms with Crippen molar-refractivity contribution in [3.05, 3.63) is 12.7 Å². The summed E-state index contributed by atoms with van der Waals surface area (Å²) in [6.45, 7) is 5.77. The molecule has 1 fully saturated rings. The minimum absolute atomic E-state index is 0.0687. The van der Waals surface area contributed by atoms with Gasteiger partial charge in [0.15, 0.2) is 0 Å². The summed E-state index contributed by atoms with van der Waals surface area (Å²) in [5.41, 5.74) is 0. The van der Waals surface area contributed by atoms with Crippen molar-refractivity contribution in [2.75, 3.05) is 0 Å². The van der Waals surface area contributed by atoms with Crippen LogP contribution < -0.4 is 5.32 Å². The van der Waals surface area contributed by atoms with Gasteiger partial charge in [-0.25, -0.2) is 4.79 Å². The molecular formula is C13H21NO3. The van der Waals surface area contributed by atoms with Crippen LogP contribution >= 0.6 is 0 Å². The summed E-state index contributed by atoms with van der Waals surface area (Å²) in [6.07, 6.45) is 6.26. The van der Waals surface area contributed by atoms with Crippen molar-refractivity contribution in [2.45, 2.75) is 57.6 Å². The zero-order chi connectivity index (χ0) is 12.7. The number of carbonyl (C=O) groups excluding carboxylic acids is 2. The summed E-state index contributed by atoms with van der Waals surface area (Å²) in [7, 11) is 0. The van der Waals surface area contributed by atoms with Crippen molar-refractivity contribution in [3.8, 4) is 0 Å². The van der Waals surface area contributed by atoms with Crippen molar-refractivity contribution < 1.29 is 14.3 Å². The summed E-state index contributed by atoms with van der Waals surface area (Å²) < 4.78 is 5.40. The molecule has 1 N–H and O–H groups in total. The van der Waals surface area contributed by atoms with Gasteiger partial charge in [-0.3, -0.25) is 4.79 Å². The fraction of sp³-hybridized carbons (Fsp3) is 0.692. The quantitative estimate of drug-likeness (QED) is 0.545. The Morgan fingerprint density at radius 1 is 1.71 bits per heavy atom. The first-order valence-corrected chi connectivity index (χ1v) is 6.28. The second-order valence-corrected chi connectivity index (χ2v) is 4.38. The molecule has 0 aromatic carbocycles. The molecule has 0 aromatic heterocycles. The fourth-order valence-electron chi connectivity index (χ4n) is 1.88. The van der Waals surface area contributed by atoms with Gasteiger partial charge in [0.2, 0.25) is 5.91 Å². The molecule has 1 aliphatic rings. The van der Waals surface area contributed by atoms with Crippen molar-refractivity contribution in [2.24, 2.45) is 0 Å². The van der Waals surface area contributed by atoms with Crippen molar-refractivity contribution >= 4 is 11.9 Å². The first-order valence-electron chi connectivity index (χ1n) is 6.28. The third-order valence-corrected chi connectivity index (χ3v) is 2.87. The highest BCUT2D eigenvalue weighted by atomic mass is 16.5. The molecule has 1 heterocycles. The highest BCUT2D eigenvalue weighted by molar-refractivity contribution is 5.88. The molecule has 1 unspecified atom stereocenters. The van der Waals surface area contributed by atoms with Crippen LogP contribution in [0.2, 0.25) is 0 Å². The van der Waals surface area contributed by atoms with E-state index in [0.29, 0.717) is 19.3 Å². The number of esters is 1. The zero-order valence-electron chi connectivity index (χ0n) is 10.4. The lowest BCUT2D eigenvalue weighted by atomic mass is 10.1. The van der Waals surface area contributed by atoms with Crippen LogP contribution in [0.4, 0.5) is 0 Å². The van der Waals surface area contributed by atoms with Crippen LogP contribution in [-0.2, 0) is 14.3 Å². The monoisotopic (exact) mass is 239 g/mol. The van der Waals surface area contributed by atoms with Gasteiger partial charge in [0, 0.05) is 12.8 Å². The first-order chi connectivity index (χ1) is 8.17. The number of unbranched alkanes of at least 4 members (excludes halogenated alkanes) is 1. The molecule has 1 aliphatic heterocycles. The van der Waals surface area contributed by atoms with Crippen LogP contribution in [0.5, 0.6) is 0 Å². The maximum Gasteiger partial charge on any atom is 0.328 e. The summed E-state index contributed by atoms with van der Waals surface area (Å²) in [4.78, 5) is 22.8.